The van der Waals surface area contributed by atoms with Gasteiger partial charge in [-0.1, -0.05) is 28.1 Å². The van der Waals surface area contributed by atoms with Gasteiger partial charge in [0.2, 0.25) is 5.76 Å². The van der Waals surface area contributed by atoms with Crippen LogP contribution in [0.5, 0.6) is 0 Å². The number of nitrogens with zero attached hydrogens (tertiary/aromatic N) is 1. The number of halogens is 1. The van der Waals surface area contributed by atoms with Gasteiger partial charge in [-0.25, -0.2) is 9.78 Å². The third-order valence-corrected chi connectivity index (χ3v) is 2.35. The number of benzene rings is 1. The van der Waals surface area contributed by atoms with Crippen molar-refractivity contribution in [3.05, 3.63) is 40.9 Å². The molecule has 0 saturated heterocycles. The van der Waals surface area contributed by atoms with E-state index in [0.29, 0.717) is 11.3 Å². The molecule has 0 aliphatic carbocycles. The Labute approximate surface area is 93.7 Å². The highest BCUT2D eigenvalue weighted by atomic mass is 79.9. The summed E-state index contributed by atoms with van der Waals surface area (Å²) in [6.45, 7) is 0. The predicted octanol–water partition coefficient (Wildman–Crippen LogP) is 2.80. The molecule has 0 aliphatic rings. The first kappa shape index (κ1) is 9.92. The van der Waals surface area contributed by atoms with Crippen LogP contribution in [-0.4, -0.2) is 16.1 Å². The summed E-state index contributed by atoms with van der Waals surface area (Å²) in [5, 5.41) is 8.84. The number of aromatic nitrogens is 1. The largest absolute Gasteiger partial charge is 0.475 e. The fraction of sp³-hybridized carbons (Fsp3) is 0. The van der Waals surface area contributed by atoms with Crippen molar-refractivity contribution in [2.45, 2.75) is 0 Å². The van der Waals surface area contributed by atoms with Gasteiger partial charge in [-0.2, -0.15) is 0 Å². The van der Waals surface area contributed by atoms with Crippen LogP contribution in [0.4, 0.5) is 0 Å². The zero-order valence-electron chi connectivity index (χ0n) is 7.48. The summed E-state index contributed by atoms with van der Waals surface area (Å²) in [7, 11) is 0. The number of carboxylic acids is 1. The van der Waals surface area contributed by atoms with Crippen molar-refractivity contribution in [2.75, 3.05) is 0 Å². The van der Waals surface area contributed by atoms with Crippen LogP contribution in [0.1, 0.15) is 10.6 Å². The summed E-state index contributed by atoms with van der Waals surface area (Å²) < 4.78 is 5.65. The van der Waals surface area contributed by atoms with Crippen LogP contribution < -0.4 is 0 Å². The monoisotopic (exact) mass is 267 g/mol. The Morgan fingerprint density at radius 2 is 2.27 bits per heavy atom. The minimum absolute atomic E-state index is 0.145. The third kappa shape index (κ3) is 1.92. The normalized spacial score (nSPS) is 10.2. The second-order valence-electron chi connectivity index (χ2n) is 2.85. The van der Waals surface area contributed by atoms with Crippen LogP contribution >= 0.6 is 15.9 Å². The SMILES string of the molecule is O=C(O)c1ocnc1-c1cccc(Br)c1. The lowest BCUT2D eigenvalue weighted by Crippen LogP contribution is -1.96. The molecule has 0 fully saturated rings. The van der Waals surface area contributed by atoms with Gasteiger partial charge in [-0.15, -0.1) is 0 Å². The van der Waals surface area contributed by atoms with E-state index in [9.17, 15) is 4.79 Å². The molecule has 0 amide bonds. The number of hydrogen-bond acceptors (Lipinski definition) is 3. The van der Waals surface area contributed by atoms with Crippen LogP contribution in [0.25, 0.3) is 11.3 Å². The Kier molecular flexibility index (Phi) is 2.55. The van der Waals surface area contributed by atoms with E-state index in [2.05, 4.69) is 20.9 Å². The Hall–Kier alpha value is -1.62. The number of carbonyl (C=O) groups is 1. The average Bonchev–Trinajstić information content (AvgIpc) is 2.65. The van der Waals surface area contributed by atoms with Gasteiger partial charge in [-0.05, 0) is 12.1 Å². The van der Waals surface area contributed by atoms with Crippen LogP contribution in [-0.2, 0) is 0 Å². The van der Waals surface area contributed by atoms with Crippen LogP contribution in [0, 0.1) is 0 Å². The Morgan fingerprint density at radius 3 is 2.93 bits per heavy atom. The fourth-order valence-electron chi connectivity index (χ4n) is 1.24. The van der Waals surface area contributed by atoms with E-state index >= 15 is 0 Å². The van der Waals surface area contributed by atoms with Gasteiger partial charge in [-0.3, -0.25) is 0 Å². The van der Waals surface area contributed by atoms with Gasteiger partial charge in [0.15, 0.2) is 6.39 Å². The van der Waals surface area contributed by atoms with Gasteiger partial charge in [0, 0.05) is 10.0 Å². The molecule has 76 valence electrons. The molecule has 15 heavy (non-hydrogen) atoms. The summed E-state index contributed by atoms with van der Waals surface area (Å²) in [5.41, 5.74) is 1.04. The molecule has 0 spiro atoms. The van der Waals surface area contributed by atoms with E-state index in [-0.39, 0.29) is 5.76 Å². The van der Waals surface area contributed by atoms with Crippen molar-refractivity contribution in [1.29, 1.82) is 0 Å². The molecule has 0 saturated carbocycles. The lowest BCUT2D eigenvalue weighted by Gasteiger charge is -1.98. The molecule has 0 bridgehead atoms. The highest BCUT2D eigenvalue weighted by Gasteiger charge is 2.16. The predicted molar refractivity (Wildman–Crippen MR) is 56.6 cm³/mol. The van der Waals surface area contributed by atoms with Crippen molar-refractivity contribution in [1.82, 2.24) is 4.98 Å². The lowest BCUT2D eigenvalue weighted by molar-refractivity contribution is 0.0663. The molecule has 5 heteroatoms. The van der Waals surface area contributed by atoms with E-state index in [4.69, 9.17) is 9.52 Å². The minimum Gasteiger partial charge on any atom is -0.475 e. The first-order valence-electron chi connectivity index (χ1n) is 4.11. The number of hydrogen-bond donors (Lipinski definition) is 1. The molecule has 0 aliphatic heterocycles. The number of rotatable bonds is 2. The first-order valence-corrected chi connectivity index (χ1v) is 4.90. The second kappa shape index (κ2) is 3.86. The van der Waals surface area contributed by atoms with E-state index in [0.717, 1.165) is 10.9 Å². The van der Waals surface area contributed by atoms with Crippen LogP contribution in [0.3, 0.4) is 0 Å². The molecular weight excluding hydrogens is 262 g/mol. The Bertz CT molecular complexity index is 507. The molecule has 0 atom stereocenters. The number of carboxylic acid groups (broad SMARTS) is 1. The molecule has 1 heterocycles. The average molecular weight is 268 g/mol. The summed E-state index contributed by atoms with van der Waals surface area (Å²) in [6, 6.07) is 7.21. The van der Waals surface area contributed by atoms with Crippen molar-refractivity contribution in [2.24, 2.45) is 0 Å². The highest BCUT2D eigenvalue weighted by Crippen LogP contribution is 2.24. The summed E-state index contributed by atoms with van der Waals surface area (Å²) in [6.07, 6.45) is 1.12. The van der Waals surface area contributed by atoms with Crippen LogP contribution in [0.15, 0.2) is 39.5 Å². The van der Waals surface area contributed by atoms with Gasteiger partial charge in [0.1, 0.15) is 5.69 Å². The maximum atomic E-state index is 10.8. The maximum Gasteiger partial charge on any atom is 0.374 e. The standard InChI is InChI=1S/C10H6BrNO3/c11-7-3-1-2-6(4-7)8-9(10(13)14)15-5-12-8/h1-5H,(H,13,14). The molecule has 2 aromatic rings. The van der Waals surface area contributed by atoms with E-state index < -0.39 is 5.97 Å². The second-order valence-corrected chi connectivity index (χ2v) is 3.76. The zero-order chi connectivity index (χ0) is 10.8. The Balaban J connectivity index is 2.54. The van der Waals surface area contributed by atoms with Gasteiger partial charge in [0.05, 0.1) is 0 Å². The van der Waals surface area contributed by atoms with Crippen LogP contribution in [0.2, 0.25) is 0 Å². The van der Waals surface area contributed by atoms with Crippen molar-refractivity contribution in [3.8, 4) is 11.3 Å². The molecule has 0 unspecified atom stereocenters. The molecule has 2 rings (SSSR count). The first-order chi connectivity index (χ1) is 7.18. The molecular formula is C10H6BrNO3. The van der Waals surface area contributed by atoms with Crippen molar-refractivity contribution in [3.63, 3.8) is 0 Å². The van der Waals surface area contributed by atoms with Crippen molar-refractivity contribution < 1.29 is 14.3 Å². The highest BCUT2D eigenvalue weighted by molar-refractivity contribution is 9.10. The topological polar surface area (TPSA) is 63.3 Å². The summed E-state index contributed by atoms with van der Waals surface area (Å²) in [4.78, 5) is 14.7. The smallest absolute Gasteiger partial charge is 0.374 e. The van der Waals surface area contributed by atoms with Gasteiger partial charge >= 0.3 is 5.97 Å². The zero-order valence-corrected chi connectivity index (χ0v) is 9.06. The van der Waals surface area contributed by atoms with E-state index in [1.165, 1.54) is 0 Å². The number of aromatic carboxylic acids is 1. The van der Waals surface area contributed by atoms with Crippen molar-refractivity contribution >= 4 is 21.9 Å². The molecule has 1 aromatic heterocycles. The molecule has 4 nitrogen and oxygen atoms in total. The minimum atomic E-state index is -1.12. The summed E-state index contributed by atoms with van der Waals surface area (Å²) >= 11 is 3.30. The van der Waals surface area contributed by atoms with E-state index in [1.807, 2.05) is 6.07 Å². The Morgan fingerprint density at radius 1 is 1.47 bits per heavy atom. The maximum absolute atomic E-state index is 10.8. The fourth-order valence-corrected chi connectivity index (χ4v) is 1.64. The molecule has 0 radical (unpaired) electrons. The van der Waals surface area contributed by atoms with Gasteiger partial charge < -0.3 is 9.52 Å². The van der Waals surface area contributed by atoms with Gasteiger partial charge in [0.25, 0.3) is 0 Å². The number of oxazole rings is 1. The summed E-state index contributed by atoms with van der Waals surface area (Å²) in [5.74, 6) is -1.27. The van der Waals surface area contributed by atoms with E-state index in [1.54, 1.807) is 18.2 Å². The molecule has 1 N–H and O–H groups in total. The quantitative estimate of drug-likeness (QED) is 0.909. The lowest BCUT2D eigenvalue weighted by atomic mass is 10.1. The third-order valence-electron chi connectivity index (χ3n) is 1.86. The molecule has 1 aromatic carbocycles.